The summed E-state index contributed by atoms with van der Waals surface area (Å²) in [6, 6.07) is 4.11. The quantitative estimate of drug-likeness (QED) is 0.739. The van der Waals surface area contributed by atoms with Gasteiger partial charge in [-0.1, -0.05) is 6.92 Å². The summed E-state index contributed by atoms with van der Waals surface area (Å²) in [6.07, 6.45) is 0. The second kappa shape index (κ2) is 7.86. The van der Waals surface area contributed by atoms with Crippen LogP contribution in [0.2, 0.25) is 0 Å². The first-order valence-electron chi connectivity index (χ1n) is 6.20. The standard InChI is InChI=1S/C13H18BrN3O3/c1-3-17(2)7-6-15-13(20)16-11-5-4-9(12(18)19)8-10(11)14/h4-5,8H,3,6-7H2,1-2H3,(H,18,19)(H2,15,16,20). The largest absolute Gasteiger partial charge is 0.478 e. The number of hydrogen-bond donors (Lipinski definition) is 3. The van der Waals surface area contributed by atoms with Gasteiger partial charge in [-0.15, -0.1) is 0 Å². The van der Waals surface area contributed by atoms with Crippen molar-refractivity contribution in [1.29, 1.82) is 0 Å². The van der Waals surface area contributed by atoms with Gasteiger partial charge in [0.15, 0.2) is 0 Å². The minimum absolute atomic E-state index is 0.160. The Hall–Kier alpha value is -1.60. The van der Waals surface area contributed by atoms with Crippen molar-refractivity contribution >= 4 is 33.6 Å². The number of carbonyl (C=O) groups is 2. The van der Waals surface area contributed by atoms with E-state index in [0.29, 0.717) is 16.7 Å². The van der Waals surface area contributed by atoms with E-state index < -0.39 is 5.97 Å². The second-order valence-electron chi connectivity index (χ2n) is 4.28. The van der Waals surface area contributed by atoms with Gasteiger partial charge in [-0.25, -0.2) is 9.59 Å². The van der Waals surface area contributed by atoms with Crippen LogP contribution in [-0.4, -0.2) is 48.7 Å². The lowest BCUT2D eigenvalue weighted by Gasteiger charge is -2.14. The van der Waals surface area contributed by atoms with Crippen LogP contribution in [0.15, 0.2) is 22.7 Å². The highest BCUT2D eigenvalue weighted by Crippen LogP contribution is 2.23. The average Bonchev–Trinajstić information content (AvgIpc) is 2.40. The number of carboxylic acids is 1. The number of hydrogen-bond acceptors (Lipinski definition) is 3. The number of nitrogens with one attached hydrogen (secondary N) is 2. The van der Waals surface area contributed by atoms with Gasteiger partial charge in [0, 0.05) is 17.6 Å². The highest BCUT2D eigenvalue weighted by Gasteiger charge is 2.09. The molecule has 0 saturated carbocycles. The number of likely N-dealkylation sites (N-methyl/N-ethyl adjacent to an activating group) is 1. The van der Waals surface area contributed by atoms with E-state index in [9.17, 15) is 9.59 Å². The normalized spacial score (nSPS) is 10.4. The van der Waals surface area contributed by atoms with Crippen LogP contribution in [0.1, 0.15) is 17.3 Å². The maximum Gasteiger partial charge on any atom is 0.335 e. The highest BCUT2D eigenvalue weighted by molar-refractivity contribution is 9.10. The Morgan fingerprint density at radius 1 is 1.40 bits per heavy atom. The number of halogens is 1. The van der Waals surface area contributed by atoms with Crippen LogP contribution in [0.4, 0.5) is 10.5 Å². The Balaban J connectivity index is 2.52. The van der Waals surface area contributed by atoms with Crippen molar-refractivity contribution in [2.75, 3.05) is 32.0 Å². The maximum atomic E-state index is 11.7. The number of amides is 2. The summed E-state index contributed by atoms with van der Waals surface area (Å²) in [5, 5.41) is 14.2. The van der Waals surface area contributed by atoms with E-state index in [0.717, 1.165) is 13.1 Å². The minimum Gasteiger partial charge on any atom is -0.478 e. The van der Waals surface area contributed by atoms with Crippen LogP contribution in [0.3, 0.4) is 0 Å². The molecule has 0 aliphatic heterocycles. The van der Waals surface area contributed by atoms with Gasteiger partial charge in [0.25, 0.3) is 0 Å². The minimum atomic E-state index is -1.01. The molecule has 0 heterocycles. The van der Waals surface area contributed by atoms with Crippen molar-refractivity contribution in [3.63, 3.8) is 0 Å². The van der Waals surface area contributed by atoms with E-state index >= 15 is 0 Å². The van der Waals surface area contributed by atoms with Gasteiger partial charge in [0.2, 0.25) is 0 Å². The lowest BCUT2D eigenvalue weighted by molar-refractivity contribution is 0.0697. The summed E-state index contributed by atoms with van der Waals surface area (Å²) in [5.41, 5.74) is 0.684. The molecule has 0 aliphatic rings. The zero-order valence-electron chi connectivity index (χ0n) is 11.4. The summed E-state index contributed by atoms with van der Waals surface area (Å²) >= 11 is 3.23. The van der Waals surface area contributed by atoms with Gasteiger partial charge in [0.05, 0.1) is 11.3 Å². The first-order chi connectivity index (χ1) is 9.43. The van der Waals surface area contributed by atoms with E-state index in [4.69, 9.17) is 5.11 Å². The molecular formula is C13H18BrN3O3. The molecule has 20 heavy (non-hydrogen) atoms. The number of anilines is 1. The average molecular weight is 344 g/mol. The number of benzene rings is 1. The summed E-state index contributed by atoms with van der Waals surface area (Å²) in [7, 11) is 1.97. The number of nitrogens with zero attached hydrogens (tertiary/aromatic N) is 1. The molecule has 1 rings (SSSR count). The topological polar surface area (TPSA) is 81.7 Å². The van der Waals surface area contributed by atoms with Crippen LogP contribution in [-0.2, 0) is 0 Å². The Morgan fingerprint density at radius 3 is 2.65 bits per heavy atom. The van der Waals surface area contributed by atoms with Crippen molar-refractivity contribution in [2.45, 2.75) is 6.92 Å². The van der Waals surface area contributed by atoms with Crippen LogP contribution in [0, 0.1) is 0 Å². The Morgan fingerprint density at radius 2 is 2.10 bits per heavy atom. The summed E-state index contributed by atoms with van der Waals surface area (Å²) in [5.74, 6) is -1.01. The number of rotatable bonds is 6. The molecule has 0 unspecified atom stereocenters. The molecule has 2 amide bonds. The third-order valence-electron chi connectivity index (χ3n) is 2.78. The van der Waals surface area contributed by atoms with E-state index in [1.54, 1.807) is 6.07 Å². The molecule has 0 bridgehead atoms. The van der Waals surface area contributed by atoms with Crippen LogP contribution in [0.25, 0.3) is 0 Å². The molecule has 110 valence electrons. The van der Waals surface area contributed by atoms with Gasteiger partial charge in [-0.3, -0.25) is 0 Å². The van der Waals surface area contributed by atoms with Crippen molar-refractivity contribution in [3.8, 4) is 0 Å². The lowest BCUT2D eigenvalue weighted by atomic mass is 10.2. The molecule has 1 aromatic carbocycles. The van der Waals surface area contributed by atoms with Gasteiger partial charge >= 0.3 is 12.0 Å². The van der Waals surface area contributed by atoms with Crippen LogP contribution >= 0.6 is 15.9 Å². The smallest absolute Gasteiger partial charge is 0.335 e. The fraction of sp³-hybridized carbons (Fsp3) is 0.385. The Kier molecular flexibility index (Phi) is 6.47. The number of carbonyl (C=O) groups excluding carboxylic acids is 1. The van der Waals surface area contributed by atoms with E-state index in [1.165, 1.54) is 12.1 Å². The SMILES string of the molecule is CCN(C)CCNC(=O)Nc1ccc(C(=O)O)cc1Br. The third-order valence-corrected chi connectivity index (χ3v) is 3.44. The molecular weight excluding hydrogens is 326 g/mol. The number of aromatic carboxylic acids is 1. The predicted molar refractivity (Wildman–Crippen MR) is 81.3 cm³/mol. The van der Waals surface area contributed by atoms with Crippen molar-refractivity contribution in [3.05, 3.63) is 28.2 Å². The fourth-order valence-electron chi connectivity index (χ4n) is 1.43. The third kappa shape index (κ3) is 5.18. The molecule has 0 radical (unpaired) electrons. The molecule has 0 fully saturated rings. The summed E-state index contributed by atoms with van der Waals surface area (Å²) < 4.78 is 0.526. The zero-order chi connectivity index (χ0) is 15.1. The molecule has 0 aliphatic carbocycles. The number of carboxylic acid groups (broad SMARTS) is 1. The molecule has 6 nitrogen and oxygen atoms in total. The van der Waals surface area contributed by atoms with E-state index in [-0.39, 0.29) is 11.6 Å². The summed E-state index contributed by atoms with van der Waals surface area (Å²) in [6.45, 7) is 4.27. The molecule has 0 atom stereocenters. The van der Waals surface area contributed by atoms with Crippen LogP contribution < -0.4 is 10.6 Å². The molecule has 7 heteroatoms. The molecule has 1 aromatic rings. The van der Waals surface area contributed by atoms with Gasteiger partial charge in [-0.2, -0.15) is 0 Å². The predicted octanol–water partition coefficient (Wildman–Crippen LogP) is 2.22. The monoisotopic (exact) mass is 343 g/mol. The zero-order valence-corrected chi connectivity index (χ0v) is 13.0. The van der Waals surface area contributed by atoms with Gasteiger partial charge < -0.3 is 20.6 Å². The first-order valence-corrected chi connectivity index (χ1v) is 6.99. The summed E-state index contributed by atoms with van der Waals surface area (Å²) in [4.78, 5) is 24.6. The van der Waals surface area contributed by atoms with Crippen molar-refractivity contribution < 1.29 is 14.7 Å². The van der Waals surface area contributed by atoms with E-state index in [1.807, 2.05) is 14.0 Å². The Bertz CT molecular complexity index is 494. The van der Waals surface area contributed by atoms with Gasteiger partial charge in [0.1, 0.15) is 0 Å². The lowest BCUT2D eigenvalue weighted by Crippen LogP contribution is -2.35. The highest BCUT2D eigenvalue weighted by atomic mass is 79.9. The molecule has 0 aromatic heterocycles. The van der Waals surface area contributed by atoms with E-state index in [2.05, 4.69) is 31.5 Å². The Labute approximate surface area is 126 Å². The molecule has 0 spiro atoms. The molecule has 0 saturated heterocycles. The van der Waals surface area contributed by atoms with Crippen LogP contribution in [0.5, 0.6) is 0 Å². The first kappa shape index (κ1) is 16.5. The van der Waals surface area contributed by atoms with Crippen molar-refractivity contribution in [1.82, 2.24) is 10.2 Å². The number of urea groups is 1. The fourth-order valence-corrected chi connectivity index (χ4v) is 1.91. The maximum absolute atomic E-state index is 11.7. The second-order valence-corrected chi connectivity index (χ2v) is 5.13. The van der Waals surface area contributed by atoms with Gasteiger partial charge in [-0.05, 0) is 47.7 Å². The van der Waals surface area contributed by atoms with Crippen molar-refractivity contribution in [2.24, 2.45) is 0 Å². The molecule has 3 N–H and O–H groups in total.